The van der Waals surface area contributed by atoms with Crippen LogP contribution >= 0.6 is 0 Å². The highest BCUT2D eigenvalue weighted by molar-refractivity contribution is 5.79. The minimum absolute atomic E-state index is 0.00393. The van der Waals surface area contributed by atoms with E-state index in [1.54, 1.807) is 14.2 Å². The number of carbonyl (C=O) groups excluding carboxylic acids is 1. The standard InChI is InChI=1S/C29H37N5O4/c1-20-7-5-9-24(21(20)2)33-13-15-34(16-14-33)29(35)23-8-6-12-32(18-23)19-27-30-28(31-38-27)22-10-11-25(36-3)26(17-22)37-4/h5,7,9-11,17,23H,6,8,12-16,18-19H2,1-4H3. The van der Waals surface area contributed by atoms with Crippen molar-refractivity contribution in [3.05, 3.63) is 53.4 Å². The Morgan fingerprint density at radius 3 is 2.58 bits per heavy atom. The van der Waals surface area contributed by atoms with E-state index < -0.39 is 0 Å². The summed E-state index contributed by atoms with van der Waals surface area (Å²) in [5.41, 5.74) is 4.71. The third kappa shape index (κ3) is 5.48. The molecule has 0 N–H and O–H groups in total. The molecule has 1 atom stereocenters. The Balaban J connectivity index is 1.17. The second-order valence-electron chi connectivity index (χ2n) is 10.2. The lowest BCUT2D eigenvalue weighted by molar-refractivity contribution is -0.137. The van der Waals surface area contributed by atoms with Gasteiger partial charge >= 0.3 is 0 Å². The van der Waals surface area contributed by atoms with E-state index in [1.165, 1.54) is 16.8 Å². The summed E-state index contributed by atoms with van der Waals surface area (Å²) in [6.07, 6.45) is 1.91. The van der Waals surface area contributed by atoms with Crippen molar-refractivity contribution in [2.75, 3.05) is 58.4 Å². The van der Waals surface area contributed by atoms with Gasteiger partial charge in [-0.15, -0.1) is 0 Å². The number of likely N-dealkylation sites (tertiary alicyclic amines) is 1. The zero-order valence-electron chi connectivity index (χ0n) is 22.8. The fourth-order valence-electron chi connectivity index (χ4n) is 5.51. The summed E-state index contributed by atoms with van der Waals surface area (Å²) >= 11 is 0. The van der Waals surface area contributed by atoms with Gasteiger partial charge in [-0.2, -0.15) is 4.98 Å². The Bertz CT molecular complexity index is 1270. The smallest absolute Gasteiger partial charge is 0.241 e. The summed E-state index contributed by atoms with van der Waals surface area (Å²) in [5.74, 6) is 2.59. The lowest BCUT2D eigenvalue weighted by atomic mass is 9.96. The minimum Gasteiger partial charge on any atom is -0.493 e. The van der Waals surface area contributed by atoms with E-state index in [0.717, 1.165) is 51.1 Å². The van der Waals surface area contributed by atoms with Crippen LogP contribution in [0, 0.1) is 19.8 Å². The van der Waals surface area contributed by atoms with E-state index in [0.29, 0.717) is 36.3 Å². The number of ether oxygens (including phenoxy) is 2. The van der Waals surface area contributed by atoms with Crippen molar-refractivity contribution in [3.8, 4) is 22.9 Å². The van der Waals surface area contributed by atoms with Crippen molar-refractivity contribution in [2.24, 2.45) is 5.92 Å². The third-order valence-corrected chi connectivity index (χ3v) is 7.83. The van der Waals surface area contributed by atoms with E-state index in [2.05, 4.69) is 56.9 Å². The van der Waals surface area contributed by atoms with Crippen LogP contribution in [0.2, 0.25) is 0 Å². The Labute approximate surface area is 224 Å². The number of carbonyl (C=O) groups is 1. The Kier molecular flexibility index (Phi) is 7.83. The molecule has 202 valence electrons. The number of aromatic nitrogens is 2. The maximum absolute atomic E-state index is 13.4. The molecule has 2 aliphatic rings. The number of piperazine rings is 1. The molecule has 0 aliphatic carbocycles. The fourth-order valence-corrected chi connectivity index (χ4v) is 5.51. The average molecular weight is 520 g/mol. The normalized spacial score (nSPS) is 18.5. The van der Waals surface area contributed by atoms with Crippen LogP contribution in [-0.2, 0) is 11.3 Å². The van der Waals surface area contributed by atoms with Crippen LogP contribution in [0.15, 0.2) is 40.9 Å². The van der Waals surface area contributed by atoms with Gasteiger partial charge in [-0.25, -0.2) is 0 Å². The van der Waals surface area contributed by atoms with Gasteiger partial charge < -0.3 is 23.8 Å². The molecule has 9 heteroatoms. The fraction of sp³-hybridized carbons (Fsp3) is 0.483. The van der Waals surface area contributed by atoms with Gasteiger partial charge in [0.25, 0.3) is 0 Å². The maximum Gasteiger partial charge on any atom is 0.241 e. The number of rotatable bonds is 7. The molecular weight excluding hydrogens is 482 g/mol. The molecule has 1 unspecified atom stereocenters. The summed E-state index contributed by atoms with van der Waals surface area (Å²) in [6, 6.07) is 12.0. The lowest BCUT2D eigenvalue weighted by Gasteiger charge is -2.40. The van der Waals surface area contributed by atoms with Crippen LogP contribution in [0.4, 0.5) is 5.69 Å². The SMILES string of the molecule is COc1ccc(-c2noc(CN3CCCC(C(=O)N4CCN(c5cccc(C)c5C)CC4)C3)n2)cc1OC. The lowest BCUT2D eigenvalue weighted by Crippen LogP contribution is -2.52. The number of anilines is 1. The van der Waals surface area contributed by atoms with Crippen LogP contribution < -0.4 is 14.4 Å². The van der Waals surface area contributed by atoms with E-state index in [9.17, 15) is 4.79 Å². The van der Waals surface area contributed by atoms with Gasteiger partial charge in [0.1, 0.15) is 0 Å². The molecule has 1 amide bonds. The number of hydrogen-bond acceptors (Lipinski definition) is 8. The van der Waals surface area contributed by atoms with Gasteiger partial charge in [0.05, 0.1) is 26.7 Å². The van der Waals surface area contributed by atoms with Crippen LogP contribution in [-0.4, -0.2) is 79.3 Å². The van der Waals surface area contributed by atoms with Crippen LogP contribution in [0.5, 0.6) is 11.5 Å². The van der Waals surface area contributed by atoms with Crippen molar-refractivity contribution in [3.63, 3.8) is 0 Å². The first-order chi connectivity index (χ1) is 18.5. The average Bonchev–Trinajstić information content (AvgIpc) is 3.42. The monoisotopic (exact) mass is 519 g/mol. The highest BCUT2D eigenvalue weighted by atomic mass is 16.5. The van der Waals surface area contributed by atoms with Gasteiger partial charge in [0.15, 0.2) is 11.5 Å². The van der Waals surface area contributed by atoms with Crippen molar-refractivity contribution < 1.29 is 18.8 Å². The molecular formula is C29H37N5O4. The van der Waals surface area contributed by atoms with Gasteiger partial charge in [0, 0.05) is 44.0 Å². The predicted octanol–water partition coefficient (Wildman–Crippen LogP) is 3.93. The molecule has 9 nitrogen and oxygen atoms in total. The predicted molar refractivity (Wildman–Crippen MR) is 146 cm³/mol. The number of piperidine rings is 1. The van der Waals surface area contributed by atoms with Crippen molar-refractivity contribution in [2.45, 2.75) is 33.2 Å². The Hall–Kier alpha value is -3.59. The topological polar surface area (TPSA) is 84.2 Å². The van der Waals surface area contributed by atoms with Crippen LogP contribution in [0.1, 0.15) is 29.9 Å². The van der Waals surface area contributed by atoms with E-state index >= 15 is 0 Å². The number of nitrogens with zero attached hydrogens (tertiary/aromatic N) is 5. The molecule has 0 radical (unpaired) electrons. The molecule has 3 heterocycles. The second-order valence-corrected chi connectivity index (χ2v) is 10.2. The molecule has 0 bridgehead atoms. The molecule has 2 saturated heterocycles. The summed E-state index contributed by atoms with van der Waals surface area (Å²) in [5, 5.41) is 4.17. The first kappa shape index (κ1) is 26.0. The number of amides is 1. The molecule has 3 aromatic rings. The molecule has 2 aliphatic heterocycles. The molecule has 2 aromatic carbocycles. The first-order valence-electron chi connectivity index (χ1n) is 13.3. The van der Waals surface area contributed by atoms with Crippen molar-refractivity contribution >= 4 is 11.6 Å². The first-order valence-corrected chi connectivity index (χ1v) is 13.3. The van der Waals surface area contributed by atoms with Crippen molar-refractivity contribution in [1.82, 2.24) is 19.9 Å². The van der Waals surface area contributed by atoms with Gasteiger partial charge in [-0.3, -0.25) is 9.69 Å². The molecule has 2 fully saturated rings. The number of benzene rings is 2. The number of aryl methyl sites for hydroxylation is 1. The largest absolute Gasteiger partial charge is 0.493 e. The molecule has 5 rings (SSSR count). The highest BCUT2D eigenvalue weighted by Crippen LogP contribution is 2.31. The zero-order chi connectivity index (χ0) is 26.6. The highest BCUT2D eigenvalue weighted by Gasteiger charge is 2.32. The molecule has 0 saturated carbocycles. The summed E-state index contributed by atoms with van der Waals surface area (Å²) in [4.78, 5) is 24.7. The Morgan fingerprint density at radius 2 is 1.82 bits per heavy atom. The minimum atomic E-state index is 0.00393. The van der Waals surface area contributed by atoms with E-state index in [1.807, 2.05) is 18.2 Å². The third-order valence-electron chi connectivity index (χ3n) is 7.83. The van der Waals surface area contributed by atoms with Crippen LogP contribution in [0.25, 0.3) is 11.4 Å². The molecule has 0 spiro atoms. The van der Waals surface area contributed by atoms with Gasteiger partial charge in [-0.1, -0.05) is 17.3 Å². The quantitative estimate of drug-likeness (QED) is 0.464. The summed E-state index contributed by atoms with van der Waals surface area (Å²) < 4.78 is 16.3. The summed E-state index contributed by atoms with van der Waals surface area (Å²) in [7, 11) is 3.20. The van der Waals surface area contributed by atoms with Gasteiger partial charge in [-0.05, 0) is 68.6 Å². The van der Waals surface area contributed by atoms with Gasteiger partial charge in [0.2, 0.25) is 17.6 Å². The summed E-state index contributed by atoms with van der Waals surface area (Å²) in [6.45, 7) is 9.76. The Morgan fingerprint density at radius 1 is 1.03 bits per heavy atom. The molecule has 1 aromatic heterocycles. The van der Waals surface area contributed by atoms with E-state index in [4.69, 9.17) is 14.0 Å². The second kappa shape index (κ2) is 11.4. The number of hydrogen-bond donors (Lipinski definition) is 0. The van der Waals surface area contributed by atoms with E-state index in [-0.39, 0.29) is 11.8 Å². The van der Waals surface area contributed by atoms with Crippen molar-refractivity contribution in [1.29, 1.82) is 0 Å². The van der Waals surface area contributed by atoms with Crippen LogP contribution in [0.3, 0.4) is 0 Å². The number of methoxy groups -OCH3 is 2. The molecule has 38 heavy (non-hydrogen) atoms. The zero-order valence-corrected chi connectivity index (χ0v) is 22.8. The maximum atomic E-state index is 13.4.